The Hall–Kier alpha value is -1.68. The van der Waals surface area contributed by atoms with E-state index in [0.717, 1.165) is 10.5 Å². The Labute approximate surface area is 97.1 Å². The summed E-state index contributed by atoms with van der Waals surface area (Å²) in [6.45, 7) is 2.01. The number of hydrogen-bond donors (Lipinski definition) is 1. The van der Waals surface area contributed by atoms with Crippen LogP contribution in [0.3, 0.4) is 0 Å². The van der Waals surface area contributed by atoms with Gasteiger partial charge >= 0.3 is 5.97 Å². The first kappa shape index (κ1) is 10.8. The first-order valence-electron chi connectivity index (χ1n) is 4.71. The molecule has 0 amide bonds. The molecule has 0 radical (unpaired) electrons. The van der Waals surface area contributed by atoms with E-state index in [1.54, 1.807) is 0 Å². The average Bonchev–Trinajstić information content (AvgIpc) is 2.66. The van der Waals surface area contributed by atoms with Crippen LogP contribution in [-0.2, 0) is 0 Å². The van der Waals surface area contributed by atoms with E-state index in [1.807, 2.05) is 31.2 Å². The molecule has 82 valence electrons. The third-order valence-corrected chi connectivity index (χ3v) is 2.94. The van der Waals surface area contributed by atoms with Gasteiger partial charge in [0.2, 0.25) is 0 Å². The van der Waals surface area contributed by atoms with Crippen molar-refractivity contribution in [2.24, 2.45) is 0 Å². The van der Waals surface area contributed by atoms with E-state index < -0.39 is 5.97 Å². The summed E-state index contributed by atoms with van der Waals surface area (Å²) in [6, 6.07) is 9.47. The highest BCUT2D eigenvalue weighted by atomic mass is 32.2. The van der Waals surface area contributed by atoms with Crippen LogP contribution in [0.5, 0.6) is 0 Å². The first-order valence-corrected chi connectivity index (χ1v) is 5.53. The lowest BCUT2D eigenvalue weighted by molar-refractivity contribution is 0.0696. The van der Waals surface area contributed by atoms with Gasteiger partial charge in [-0.2, -0.15) is 0 Å². The third kappa shape index (κ3) is 2.46. The summed E-state index contributed by atoms with van der Waals surface area (Å²) in [5.41, 5.74) is 1.34. The molecular formula is C12H10O3S. The minimum Gasteiger partial charge on any atom is -0.478 e. The molecule has 0 unspecified atom stereocenters. The molecule has 4 heteroatoms. The van der Waals surface area contributed by atoms with Gasteiger partial charge in [0.15, 0.2) is 5.09 Å². The largest absolute Gasteiger partial charge is 0.478 e. The highest BCUT2D eigenvalue weighted by Crippen LogP contribution is 2.29. The molecule has 0 saturated heterocycles. The molecule has 0 bridgehead atoms. The monoisotopic (exact) mass is 234 g/mol. The van der Waals surface area contributed by atoms with Crippen molar-refractivity contribution in [2.75, 3.05) is 0 Å². The first-order chi connectivity index (χ1) is 7.65. The maximum Gasteiger partial charge on any atom is 0.339 e. The molecule has 3 nitrogen and oxygen atoms in total. The van der Waals surface area contributed by atoms with Gasteiger partial charge in [-0.3, -0.25) is 0 Å². The van der Waals surface area contributed by atoms with Gasteiger partial charge in [0.1, 0.15) is 6.26 Å². The number of benzene rings is 1. The number of carboxylic acids is 1. The topological polar surface area (TPSA) is 50.4 Å². The van der Waals surface area contributed by atoms with Gasteiger partial charge in [-0.25, -0.2) is 4.79 Å². The van der Waals surface area contributed by atoms with Crippen molar-refractivity contribution >= 4 is 17.7 Å². The predicted molar refractivity (Wildman–Crippen MR) is 61.0 cm³/mol. The van der Waals surface area contributed by atoms with E-state index in [2.05, 4.69) is 0 Å². The SMILES string of the molecule is Cc1cccc(Sc2cc(C(=O)O)co2)c1. The Morgan fingerprint density at radius 3 is 2.81 bits per heavy atom. The molecular weight excluding hydrogens is 224 g/mol. The van der Waals surface area contributed by atoms with Crippen molar-refractivity contribution < 1.29 is 14.3 Å². The Kier molecular flexibility index (Phi) is 3.01. The van der Waals surface area contributed by atoms with Crippen LogP contribution in [0.15, 0.2) is 51.0 Å². The van der Waals surface area contributed by atoms with E-state index in [0.29, 0.717) is 5.09 Å². The molecule has 1 N–H and O–H groups in total. The molecule has 1 aromatic heterocycles. The fourth-order valence-electron chi connectivity index (χ4n) is 1.28. The second-order valence-electron chi connectivity index (χ2n) is 3.38. The molecule has 2 aromatic rings. The number of carboxylic acid groups (broad SMARTS) is 1. The molecule has 0 aliphatic carbocycles. The van der Waals surface area contributed by atoms with Gasteiger partial charge in [0.25, 0.3) is 0 Å². The van der Waals surface area contributed by atoms with Crippen LogP contribution >= 0.6 is 11.8 Å². The highest BCUT2D eigenvalue weighted by Gasteiger charge is 2.09. The van der Waals surface area contributed by atoms with Crippen LogP contribution < -0.4 is 0 Å². The average molecular weight is 234 g/mol. The van der Waals surface area contributed by atoms with Crippen LogP contribution in [0, 0.1) is 6.92 Å². The van der Waals surface area contributed by atoms with E-state index in [-0.39, 0.29) is 5.56 Å². The lowest BCUT2D eigenvalue weighted by atomic mass is 10.2. The van der Waals surface area contributed by atoms with Crippen LogP contribution in [0.2, 0.25) is 0 Å². The second kappa shape index (κ2) is 4.45. The molecule has 0 aliphatic rings. The quantitative estimate of drug-likeness (QED) is 0.883. The van der Waals surface area contributed by atoms with Crippen molar-refractivity contribution in [1.29, 1.82) is 0 Å². The zero-order valence-electron chi connectivity index (χ0n) is 8.64. The maximum atomic E-state index is 10.7. The van der Waals surface area contributed by atoms with Gasteiger partial charge in [-0.05, 0) is 19.1 Å². The van der Waals surface area contributed by atoms with Gasteiger partial charge < -0.3 is 9.52 Å². The number of aryl methyl sites for hydroxylation is 1. The summed E-state index contributed by atoms with van der Waals surface area (Å²) in [5, 5.41) is 9.33. The summed E-state index contributed by atoms with van der Waals surface area (Å²) in [4.78, 5) is 11.7. The number of aromatic carboxylic acids is 1. The summed E-state index contributed by atoms with van der Waals surface area (Å²) in [6.07, 6.45) is 1.25. The number of carbonyl (C=O) groups is 1. The van der Waals surface area contributed by atoms with Crippen LogP contribution in [0.25, 0.3) is 0 Å². The zero-order chi connectivity index (χ0) is 11.5. The normalized spacial score (nSPS) is 10.3. The number of rotatable bonds is 3. The molecule has 0 fully saturated rings. The van der Waals surface area contributed by atoms with Gasteiger partial charge in [-0.1, -0.05) is 29.5 Å². The van der Waals surface area contributed by atoms with E-state index in [1.165, 1.54) is 24.1 Å². The maximum absolute atomic E-state index is 10.7. The van der Waals surface area contributed by atoms with Crippen LogP contribution in [0.1, 0.15) is 15.9 Å². The number of furan rings is 1. The van der Waals surface area contributed by atoms with E-state index >= 15 is 0 Å². The smallest absolute Gasteiger partial charge is 0.339 e. The molecule has 0 atom stereocenters. The molecule has 16 heavy (non-hydrogen) atoms. The van der Waals surface area contributed by atoms with Gasteiger partial charge in [0.05, 0.1) is 5.56 Å². The zero-order valence-corrected chi connectivity index (χ0v) is 9.45. The molecule has 0 spiro atoms. The summed E-state index contributed by atoms with van der Waals surface area (Å²) >= 11 is 1.41. The van der Waals surface area contributed by atoms with Crippen molar-refractivity contribution in [3.63, 3.8) is 0 Å². The second-order valence-corrected chi connectivity index (χ2v) is 4.46. The summed E-state index contributed by atoms with van der Waals surface area (Å²) < 4.78 is 5.15. The Morgan fingerprint density at radius 1 is 1.38 bits per heavy atom. The minimum atomic E-state index is -0.972. The fourth-order valence-corrected chi connectivity index (χ4v) is 2.18. The Morgan fingerprint density at radius 2 is 2.19 bits per heavy atom. The van der Waals surface area contributed by atoms with E-state index in [4.69, 9.17) is 9.52 Å². The highest BCUT2D eigenvalue weighted by molar-refractivity contribution is 7.99. The standard InChI is InChI=1S/C12H10O3S/c1-8-3-2-4-10(5-8)16-11-6-9(7-15-11)12(13)14/h2-7H,1H3,(H,13,14). The minimum absolute atomic E-state index is 0.176. The predicted octanol–water partition coefficient (Wildman–Crippen LogP) is 3.44. The Bertz CT molecular complexity index is 516. The lowest BCUT2D eigenvalue weighted by Crippen LogP contribution is -1.91. The molecule has 2 rings (SSSR count). The van der Waals surface area contributed by atoms with Crippen molar-refractivity contribution in [2.45, 2.75) is 16.9 Å². The van der Waals surface area contributed by atoms with E-state index in [9.17, 15) is 4.79 Å². The van der Waals surface area contributed by atoms with Gasteiger partial charge in [-0.15, -0.1) is 0 Å². The lowest BCUT2D eigenvalue weighted by Gasteiger charge is -1.98. The van der Waals surface area contributed by atoms with Crippen molar-refractivity contribution in [3.8, 4) is 0 Å². The third-order valence-electron chi connectivity index (χ3n) is 2.03. The van der Waals surface area contributed by atoms with Crippen LogP contribution in [0.4, 0.5) is 0 Å². The Balaban J connectivity index is 2.17. The molecule has 1 aromatic carbocycles. The fraction of sp³-hybridized carbons (Fsp3) is 0.0833. The van der Waals surface area contributed by atoms with Gasteiger partial charge in [0, 0.05) is 11.0 Å². The molecule has 0 aliphatic heterocycles. The van der Waals surface area contributed by atoms with Crippen molar-refractivity contribution in [3.05, 3.63) is 47.7 Å². The summed E-state index contributed by atoms with van der Waals surface area (Å²) in [7, 11) is 0. The summed E-state index contributed by atoms with van der Waals surface area (Å²) in [5.74, 6) is -0.972. The van der Waals surface area contributed by atoms with Crippen LogP contribution in [-0.4, -0.2) is 11.1 Å². The molecule has 1 heterocycles. The number of hydrogen-bond acceptors (Lipinski definition) is 3. The molecule has 0 saturated carbocycles. The van der Waals surface area contributed by atoms with Crippen molar-refractivity contribution in [1.82, 2.24) is 0 Å².